The maximum atomic E-state index is 9.80. The Morgan fingerprint density at radius 1 is 1.12 bits per heavy atom. The molecule has 0 bridgehead atoms. The average molecular weight is 411 g/mol. The van der Waals surface area contributed by atoms with Crippen molar-refractivity contribution in [3.8, 4) is 5.69 Å². The van der Waals surface area contributed by atoms with E-state index < -0.39 is 0 Å². The lowest BCUT2D eigenvalue weighted by atomic mass is 10.0. The van der Waals surface area contributed by atoms with Gasteiger partial charge in [-0.25, -0.2) is 0 Å². The summed E-state index contributed by atoms with van der Waals surface area (Å²) in [4.78, 5) is 5.09. The van der Waals surface area contributed by atoms with Gasteiger partial charge in [-0.1, -0.05) is 59.6 Å². The number of aliphatic hydroxyl groups excluding tert-OH is 1. The molecule has 1 unspecified atom stereocenters. The monoisotopic (exact) mass is 410 g/mol. The normalized spacial score (nSPS) is 15.8. The van der Waals surface area contributed by atoms with Crippen LogP contribution in [0.25, 0.3) is 5.69 Å². The van der Waals surface area contributed by atoms with Gasteiger partial charge in [0.2, 0.25) is 0 Å². The molecule has 1 atom stereocenters. The molecular weight excluding hydrogens is 392 g/mol. The van der Waals surface area contributed by atoms with Crippen LogP contribution in [0.1, 0.15) is 48.6 Å². The third kappa shape index (κ3) is 2.89. The zero-order chi connectivity index (χ0) is 18.1. The second kappa shape index (κ2) is 7.13. The Labute approximate surface area is 160 Å². The molecule has 1 N–H and O–H groups in total. The van der Waals surface area contributed by atoms with Crippen LogP contribution in [0.3, 0.4) is 0 Å². The molecule has 0 aliphatic carbocycles. The Kier molecular flexibility index (Phi) is 4.70. The van der Waals surface area contributed by atoms with Crippen molar-refractivity contribution in [2.75, 3.05) is 0 Å². The highest BCUT2D eigenvalue weighted by molar-refractivity contribution is 9.10. The van der Waals surface area contributed by atoms with Crippen LogP contribution in [-0.2, 0) is 6.61 Å². The van der Waals surface area contributed by atoms with Crippen LogP contribution < -0.4 is 0 Å². The summed E-state index contributed by atoms with van der Waals surface area (Å²) in [5, 5.41) is 18.4. The van der Waals surface area contributed by atoms with E-state index in [-0.39, 0.29) is 12.6 Å². The quantitative estimate of drug-likeness (QED) is 0.700. The van der Waals surface area contributed by atoms with Gasteiger partial charge in [0.1, 0.15) is 12.6 Å². The first-order valence-corrected chi connectivity index (χ1v) is 9.50. The predicted octanol–water partition coefficient (Wildman–Crippen LogP) is 4.21. The summed E-state index contributed by atoms with van der Waals surface area (Å²) in [6, 6.07) is 16.2. The van der Waals surface area contributed by atoms with Crippen molar-refractivity contribution < 1.29 is 5.11 Å². The van der Waals surface area contributed by atoms with Gasteiger partial charge in [-0.05, 0) is 24.6 Å². The van der Waals surface area contributed by atoms with Crippen molar-refractivity contribution in [2.24, 2.45) is 4.99 Å². The highest BCUT2D eigenvalue weighted by Crippen LogP contribution is 2.34. The Hall–Kier alpha value is -2.31. The van der Waals surface area contributed by atoms with E-state index >= 15 is 0 Å². The number of halogens is 1. The molecule has 0 saturated heterocycles. The number of aliphatic hydroxyl groups is 1. The molecule has 3 aromatic rings. The van der Waals surface area contributed by atoms with Gasteiger partial charge >= 0.3 is 0 Å². The lowest BCUT2D eigenvalue weighted by Crippen LogP contribution is -2.09. The van der Waals surface area contributed by atoms with Crippen LogP contribution in [0.5, 0.6) is 0 Å². The number of aromatic nitrogens is 3. The maximum Gasteiger partial charge on any atom is 0.163 e. The second-order valence-corrected chi connectivity index (χ2v) is 7.19. The Morgan fingerprint density at radius 3 is 2.65 bits per heavy atom. The number of nitrogens with zero attached hydrogens (tertiary/aromatic N) is 4. The van der Waals surface area contributed by atoms with Crippen LogP contribution in [0.15, 0.2) is 58.0 Å². The molecule has 0 fully saturated rings. The van der Waals surface area contributed by atoms with Crippen LogP contribution >= 0.6 is 15.9 Å². The van der Waals surface area contributed by atoms with Gasteiger partial charge in [-0.15, -0.1) is 10.2 Å². The molecule has 5 nitrogen and oxygen atoms in total. The van der Waals surface area contributed by atoms with E-state index in [9.17, 15) is 5.11 Å². The average Bonchev–Trinajstić information content (AvgIpc) is 3.05. The van der Waals surface area contributed by atoms with Gasteiger partial charge in [0, 0.05) is 15.6 Å². The largest absolute Gasteiger partial charge is 0.388 e. The molecule has 0 amide bonds. The minimum Gasteiger partial charge on any atom is -0.388 e. The molecule has 6 heteroatoms. The summed E-state index contributed by atoms with van der Waals surface area (Å²) in [7, 11) is 0. The molecule has 1 aromatic heterocycles. The number of aliphatic imine (C=N–C) groups is 1. The minimum atomic E-state index is -0.168. The lowest BCUT2D eigenvalue weighted by Gasteiger charge is -2.13. The number of rotatable bonds is 4. The molecule has 132 valence electrons. The van der Waals surface area contributed by atoms with E-state index in [2.05, 4.69) is 51.3 Å². The van der Waals surface area contributed by atoms with Crippen LogP contribution in [0, 0.1) is 0 Å². The molecule has 0 radical (unpaired) electrons. The molecular formula is C20H19BrN4O. The number of hydrogen-bond donors (Lipinski definition) is 1. The van der Waals surface area contributed by atoms with E-state index in [1.807, 2.05) is 34.9 Å². The van der Waals surface area contributed by atoms with Crippen molar-refractivity contribution in [3.05, 3.63) is 75.8 Å². The van der Waals surface area contributed by atoms with Crippen LogP contribution in [0.4, 0.5) is 0 Å². The Balaban J connectivity index is 2.03. The van der Waals surface area contributed by atoms with E-state index in [1.165, 1.54) is 0 Å². The van der Waals surface area contributed by atoms with E-state index in [0.717, 1.165) is 45.7 Å². The number of hydrogen-bond acceptors (Lipinski definition) is 4. The smallest absolute Gasteiger partial charge is 0.163 e. The van der Waals surface area contributed by atoms with Crippen molar-refractivity contribution in [1.29, 1.82) is 0 Å². The topological polar surface area (TPSA) is 63.3 Å². The second-order valence-electron chi connectivity index (χ2n) is 6.28. The van der Waals surface area contributed by atoms with E-state index in [1.54, 1.807) is 0 Å². The fourth-order valence-electron chi connectivity index (χ4n) is 3.38. The first-order valence-electron chi connectivity index (χ1n) is 8.71. The number of fused-ring (bicyclic) bond motifs is 3. The summed E-state index contributed by atoms with van der Waals surface area (Å²) in [6.45, 7) is 1.97. The maximum absolute atomic E-state index is 9.80. The van der Waals surface area contributed by atoms with Crippen molar-refractivity contribution in [3.63, 3.8) is 0 Å². The van der Waals surface area contributed by atoms with Gasteiger partial charge < -0.3 is 5.11 Å². The molecule has 26 heavy (non-hydrogen) atoms. The Morgan fingerprint density at radius 2 is 1.92 bits per heavy atom. The SMILES string of the molecule is CCCC1N=C(c2ccccc2)c2ccc(Br)cc2-n2c(CO)nnc21. The standard InChI is InChI=1S/C20H19BrN4O/c1-2-6-16-20-24-23-18(12-26)25(20)17-11-14(21)9-10-15(17)19(22-16)13-7-4-3-5-8-13/h3-5,7-11,16,26H,2,6,12H2,1H3. The van der Waals surface area contributed by atoms with Crippen molar-refractivity contribution >= 4 is 21.6 Å². The Bertz CT molecular complexity index is 965. The first kappa shape index (κ1) is 17.1. The molecule has 1 aliphatic rings. The summed E-state index contributed by atoms with van der Waals surface area (Å²) in [6.07, 6.45) is 1.85. The van der Waals surface area contributed by atoms with Crippen molar-refractivity contribution in [2.45, 2.75) is 32.4 Å². The summed E-state index contributed by atoms with van der Waals surface area (Å²) < 4.78 is 2.92. The third-order valence-corrected chi connectivity index (χ3v) is 5.04. The summed E-state index contributed by atoms with van der Waals surface area (Å²) in [5.74, 6) is 1.31. The molecule has 1 aliphatic heterocycles. The lowest BCUT2D eigenvalue weighted by molar-refractivity contribution is 0.268. The molecule has 0 spiro atoms. The van der Waals surface area contributed by atoms with E-state index in [4.69, 9.17) is 4.99 Å². The highest BCUT2D eigenvalue weighted by Gasteiger charge is 2.28. The number of benzene rings is 2. The zero-order valence-electron chi connectivity index (χ0n) is 14.4. The van der Waals surface area contributed by atoms with Gasteiger partial charge in [0.15, 0.2) is 11.6 Å². The summed E-state index contributed by atoms with van der Waals surface area (Å²) >= 11 is 3.57. The zero-order valence-corrected chi connectivity index (χ0v) is 16.0. The van der Waals surface area contributed by atoms with Crippen LogP contribution in [0.2, 0.25) is 0 Å². The molecule has 4 rings (SSSR count). The first-order chi connectivity index (χ1) is 12.7. The van der Waals surface area contributed by atoms with Gasteiger partial charge in [0.05, 0.1) is 11.4 Å². The molecule has 2 aromatic carbocycles. The fraction of sp³-hybridized carbons (Fsp3) is 0.250. The van der Waals surface area contributed by atoms with E-state index in [0.29, 0.717) is 5.82 Å². The van der Waals surface area contributed by atoms with Gasteiger partial charge in [-0.3, -0.25) is 9.56 Å². The summed E-state index contributed by atoms with van der Waals surface area (Å²) in [5.41, 5.74) is 3.96. The van der Waals surface area contributed by atoms with Gasteiger partial charge in [-0.2, -0.15) is 0 Å². The highest BCUT2D eigenvalue weighted by atomic mass is 79.9. The predicted molar refractivity (Wildman–Crippen MR) is 105 cm³/mol. The minimum absolute atomic E-state index is 0.103. The van der Waals surface area contributed by atoms with Crippen LogP contribution in [-0.4, -0.2) is 25.6 Å². The molecule has 0 saturated carbocycles. The third-order valence-electron chi connectivity index (χ3n) is 4.54. The fourth-order valence-corrected chi connectivity index (χ4v) is 3.73. The van der Waals surface area contributed by atoms with Gasteiger partial charge in [0.25, 0.3) is 0 Å². The molecule has 2 heterocycles. The van der Waals surface area contributed by atoms with Crippen molar-refractivity contribution in [1.82, 2.24) is 14.8 Å².